The first kappa shape index (κ1) is 30.4. The molecule has 0 radical (unpaired) electrons. The summed E-state index contributed by atoms with van der Waals surface area (Å²) in [5.74, 6) is -2.00. The summed E-state index contributed by atoms with van der Waals surface area (Å²) in [7, 11) is -6.59. The van der Waals surface area contributed by atoms with Crippen LogP contribution in [0.1, 0.15) is 50.5 Å². The molecule has 1 amide bonds. The summed E-state index contributed by atoms with van der Waals surface area (Å²) in [6.07, 6.45) is 5.12. The number of methoxy groups -OCH3 is 1. The fraction of sp³-hybridized carbons (Fsp3) is 0.444. The number of ether oxygens (including phenoxy) is 1. The fourth-order valence-corrected chi connectivity index (χ4v) is 6.98. The van der Waals surface area contributed by atoms with Crippen molar-refractivity contribution in [1.82, 2.24) is 4.90 Å². The molecule has 0 spiro atoms. The number of carbonyl (C=O) groups is 2. The molecule has 1 saturated carbocycles. The molecule has 2 aromatic rings. The van der Waals surface area contributed by atoms with Crippen LogP contribution < -0.4 is 10.0 Å². The van der Waals surface area contributed by atoms with Crippen LogP contribution in [0, 0.1) is 11.7 Å². The van der Waals surface area contributed by atoms with Crippen molar-refractivity contribution < 1.29 is 35.6 Å². The van der Waals surface area contributed by atoms with E-state index in [-0.39, 0.29) is 28.7 Å². The minimum atomic E-state index is -4.26. The monoisotopic (exact) mass is 608 g/mol. The highest BCUT2D eigenvalue weighted by molar-refractivity contribution is 7.92. The summed E-state index contributed by atoms with van der Waals surface area (Å²) >= 11 is 0. The summed E-state index contributed by atoms with van der Waals surface area (Å²) in [4.78, 5) is 28.0. The Morgan fingerprint density at radius 1 is 1.10 bits per heavy atom. The van der Waals surface area contributed by atoms with Gasteiger partial charge in [0.1, 0.15) is 16.5 Å². The quantitative estimate of drug-likeness (QED) is 0.431. The zero-order chi connectivity index (χ0) is 29.8. The van der Waals surface area contributed by atoms with Gasteiger partial charge in [0.25, 0.3) is 10.0 Å². The summed E-state index contributed by atoms with van der Waals surface area (Å²) < 4.78 is 73.9. The van der Waals surface area contributed by atoms with Gasteiger partial charge in [-0.05, 0) is 48.7 Å². The maximum atomic E-state index is 13.9. The normalized spacial score (nSPS) is 20.3. The Kier molecular flexibility index (Phi) is 9.32. The highest BCUT2D eigenvalue weighted by Crippen LogP contribution is 2.33. The van der Waals surface area contributed by atoms with Crippen molar-refractivity contribution in [1.29, 1.82) is 0 Å². The van der Waals surface area contributed by atoms with E-state index in [0.29, 0.717) is 18.4 Å². The Hall–Kier alpha value is -3.52. The molecule has 2 unspecified atom stereocenters. The Morgan fingerprint density at radius 3 is 2.44 bits per heavy atom. The number of carbonyl (C=O) groups excluding carboxylic acids is 2. The standard InChI is InChI=1S/C27H33FN4O7S2/c1-39-27(34)21-7-5-3-4-6-8-23(21)32(17-18-9-11-19(28)12-10-18)26(33)16-25-29-22-14-13-20(30-40(2,35)36)15-24(22)41(37,38)31-25/h9-15,21,23,30H,3-8,16-17H2,1-2H3,(H,29,31). The van der Waals surface area contributed by atoms with Crippen LogP contribution in [0.3, 0.4) is 0 Å². The van der Waals surface area contributed by atoms with E-state index in [1.165, 1.54) is 31.4 Å². The Bertz CT molecular complexity index is 1540. The molecule has 14 heteroatoms. The van der Waals surface area contributed by atoms with E-state index in [1.807, 2.05) is 0 Å². The van der Waals surface area contributed by atoms with Crippen LogP contribution in [0.25, 0.3) is 0 Å². The van der Waals surface area contributed by atoms with E-state index in [9.17, 15) is 30.8 Å². The number of amides is 1. The molecule has 0 bridgehead atoms. The van der Waals surface area contributed by atoms with E-state index in [4.69, 9.17) is 4.74 Å². The Morgan fingerprint density at radius 2 is 1.78 bits per heavy atom. The van der Waals surface area contributed by atoms with E-state index >= 15 is 0 Å². The number of halogens is 1. The van der Waals surface area contributed by atoms with Gasteiger partial charge in [0, 0.05) is 18.3 Å². The first-order valence-corrected chi connectivity index (χ1v) is 16.5. The third kappa shape index (κ3) is 7.82. The molecule has 2 aliphatic rings. The number of anilines is 2. The molecule has 4 rings (SSSR count). The third-order valence-corrected chi connectivity index (χ3v) is 9.07. The van der Waals surface area contributed by atoms with E-state index in [1.54, 1.807) is 17.0 Å². The van der Waals surface area contributed by atoms with Crippen molar-refractivity contribution >= 4 is 49.1 Å². The number of fused-ring (bicyclic) bond motifs is 1. The van der Waals surface area contributed by atoms with Gasteiger partial charge in [-0.3, -0.25) is 14.3 Å². The molecule has 1 aliphatic heterocycles. The molecule has 0 saturated heterocycles. The summed E-state index contributed by atoms with van der Waals surface area (Å²) in [6.45, 7) is 0.0778. The lowest BCUT2D eigenvalue weighted by Crippen LogP contribution is -2.48. The smallest absolute Gasteiger partial charge is 0.310 e. The van der Waals surface area contributed by atoms with Gasteiger partial charge in [-0.15, -0.1) is 4.40 Å². The molecule has 0 aromatic heterocycles. The van der Waals surface area contributed by atoms with Crippen LogP contribution in [0.4, 0.5) is 15.8 Å². The summed E-state index contributed by atoms with van der Waals surface area (Å²) in [6, 6.07) is 9.11. The predicted octanol–water partition coefficient (Wildman–Crippen LogP) is 3.64. The highest BCUT2D eigenvalue weighted by Gasteiger charge is 2.37. The lowest BCUT2D eigenvalue weighted by Gasteiger charge is -2.37. The second-order valence-electron chi connectivity index (χ2n) is 10.2. The lowest BCUT2D eigenvalue weighted by atomic mass is 9.85. The third-order valence-electron chi connectivity index (χ3n) is 7.11. The van der Waals surface area contributed by atoms with Crippen molar-refractivity contribution in [3.8, 4) is 0 Å². The second-order valence-corrected chi connectivity index (χ2v) is 13.6. The van der Waals surface area contributed by atoms with Gasteiger partial charge < -0.3 is 15.0 Å². The van der Waals surface area contributed by atoms with Crippen LogP contribution >= 0.6 is 0 Å². The summed E-state index contributed by atoms with van der Waals surface area (Å²) in [5.41, 5.74) is 0.841. The zero-order valence-electron chi connectivity index (χ0n) is 22.8. The molecular formula is C27H33FN4O7S2. The highest BCUT2D eigenvalue weighted by atomic mass is 32.2. The maximum Gasteiger partial charge on any atom is 0.310 e. The van der Waals surface area contributed by atoms with Gasteiger partial charge in [0.05, 0.1) is 31.4 Å². The van der Waals surface area contributed by atoms with Crippen LogP contribution in [0.2, 0.25) is 0 Å². The molecule has 2 atom stereocenters. The number of benzene rings is 2. The largest absolute Gasteiger partial charge is 0.469 e. The average molecular weight is 609 g/mol. The van der Waals surface area contributed by atoms with Gasteiger partial charge in [0.2, 0.25) is 15.9 Å². The van der Waals surface area contributed by atoms with Crippen molar-refractivity contribution in [3.63, 3.8) is 0 Å². The SMILES string of the molecule is COC(=O)C1CCCCCCC1N(Cc1ccc(F)cc1)C(=O)CC1=NS(=O)(=O)c2cc(NS(C)(=O)=O)ccc2N1. The second kappa shape index (κ2) is 12.6. The molecule has 1 heterocycles. The molecule has 2 N–H and O–H groups in total. The Balaban J connectivity index is 1.64. The van der Waals surface area contributed by atoms with Crippen LogP contribution in [0.15, 0.2) is 51.8 Å². The molecule has 11 nitrogen and oxygen atoms in total. The van der Waals surface area contributed by atoms with Crippen molar-refractivity contribution in [2.24, 2.45) is 10.3 Å². The van der Waals surface area contributed by atoms with E-state index in [2.05, 4.69) is 14.4 Å². The minimum absolute atomic E-state index is 0.0509. The van der Waals surface area contributed by atoms with Gasteiger partial charge >= 0.3 is 5.97 Å². The van der Waals surface area contributed by atoms with Gasteiger partial charge in [-0.25, -0.2) is 12.8 Å². The number of nitrogens with zero attached hydrogens (tertiary/aromatic N) is 2. The van der Waals surface area contributed by atoms with E-state index in [0.717, 1.165) is 38.0 Å². The molecule has 1 aliphatic carbocycles. The lowest BCUT2D eigenvalue weighted by molar-refractivity contribution is -0.151. The number of amidine groups is 1. The average Bonchev–Trinajstić information content (AvgIpc) is 2.87. The number of rotatable bonds is 8. The molecule has 222 valence electrons. The minimum Gasteiger partial charge on any atom is -0.469 e. The number of esters is 1. The topological polar surface area (TPSA) is 151 Å². The van der Waals surface area contributed by atoms with Crippen LogP contribution in [0.5, 0.6) is 0 Å². The van der Waals surface area contributed by atoms with Crippen molar-refractivity contribution in [2.45, 2.75) is 62.4 Å². The van der Waals surface area contributed by atoms with Crippen LogP contribution in [-0.2, 0) is 40.9 Å². The summed E-state index contributed by atoms with van der Waals surface area (Å²) in [5, 5.41) is 2.88. The van der Waals surface area contributed by atoms with Crippen LogP contribution in [-0.4, -0.2) is 58.9 Å². The first-order valence-electron chi connectivity index (χ1n) is 13.2. The zero-order valence-corrected chi connectivity index (χ0v) is 24.4. The maximum absolute atomic E-state index is 13.9. The number of hydrogen-bond donors (Lipinski definition) is 2. The van der Waals surface area contributed by atoms with Gasteiger partial charge in [-0.1, -0.05) is 37.8 Å². The van der Waals surface area contributed by atoms with Gasteiger partial charge in [-0.2, -0.15) is 8.42 Å². The fourth-order valence-electron chi connectivity index (χ4n) is 5.25. The number of nitrogens with one attached hydrogen (secondary N) is 2. The Labute approximate surface area is 239 Å². The number of sulfonamides is 2. The molecule has 2 aromatic carbocycles. The molecule has 1 fully saturated rings. The molecular weight excluding hydrogens is 575 g/mol. The first-order chi connectivity index (χ1) is 19.4. The predicted molar refractivity (Wildman–Crippen MR) is 152 cm³/mol. The number of hydrogen-bond acceptors (Lipinski definition) is 8. The molecule has 41 heavy (non-hydrogen) atoms. The van der Waals surface area contributed by atoms with Gasteiger partial charge in [0.15, 0.2) is 0 Å². The van der Waals surface area contributed by atoms with Crippen molar-refractivity contribution in [3.05, 3.63) is 53.8 Å². The van der Waals surface area contributed by atoms with Crippen molar-refractivity contribution in [2.75, 3.05) is 23.4 Å². The van der Waals surface area contributed by atoms with E-state index < -0.39 is 56.1 Å².